The number of hydrogen-bond donors (Lipinski definition) is 2. The molecule has 8 nitrogen and oxygen atoms in total. The van der Waals surface area contributed by atoms with Crippen molar-refractivity contribution >= 4 is 23.3 Å². The number of H-pyrrole nitrogens is 1. The average molecular weight is 612 g/mol. The van der Waals surface area contributed by atoms with Crippen molar-refractivity contribution in [2.75, 3.05) is 12.0 Å². The molecule has 2 N–H and O–H groups in total. The Morgan fingerprint density at radius 1 is 0.930 bits per heavy atom. The summed E-state index contributed by atoms with van der Waals surface area (Å²) in [4.78, 5) is 53.5. The maximum absolute atomic E-state index is 13.8. The molecule has 3 aromatic rings. The van der Waals surface area contributed by atoms with Crippen molar-refractivity contribution in [2.45, 2.75) is 45.2 Å². The molecule has 1 atom stereocenters. The first-order valence-corrected chi connectivity index (χ1v) is 12.8. The molecule has 1 heterocycles. The van der Waals surface area contributed by atoms with Gasteiger partial charge in [0.1, 0.15) is 11.4 Å². The third kappa shape index (κ3) is 8.23. The van der Waals surface area contributed by atoms with Gasteiger partial charge in [0.2, 0.25) is 5.91 Å². The van der Waals surface area contributed by atoms with Crippen molar-refractivity contribution < 1.29 is 45.5 Å². The van der Waals surface area contributed by atoms with E-state index in [1.807, 2.05) is 5.32 Å². The number of benzene rings is 2. The van der Waals surface area contributed by atoms with E-state index in [-0.39, 0.29) is 16.2 Å². The predicted molar refractivity (Wildman–Crippen MR) is 144 cm³/mol. The number of Topliss-reactive ketones (excluding diaryl/α,β-unsaturated/α-hetero) is 1. The van der Waals surface area contributed by atoms with E-state index in [0.29, 0.717) is 11.3 Å². The fourth-order valence-corrected chi connectivity index (χ4v) is 4.24. The standard InChI is InChI=1S/C29H27F6N3O5/c1-16(2)23(25(40)28(30,31)32)37-22(39)14-19-13-21(18-7-5-4-6-8-18)36-26(41)24(19)38(27(42)29(33,34)35)15-17-9-11-20(43-3)12-10-17/h4-13,16,23H,14-15H2,1-3H3,(H,36,41)(H,37,39). The lowest BCUT2D eigenvalue weighted by atomic mass is 9.98. The average Bonchev–Trinajstić information content (AvgIpc) is 2.93. The van der Waals surface area contributed by atoms with E-state index >= 15 is 0 Å². The van der Waals surface area contributed by atoms with E-state index in [9.17, 15) is 45.5 Å². The van der Waals surface area contributed by atoms with Crippen LogP contribution in [0.25, 0.3) is 11.3 Å². The largest absolute Gasteiger partial charge is 0.497 e. The molecule has 1 aromatic heterocycles. The van der Waals surface area contributed by atoms with Crippen LogP contribution in [0.2, 0.25) is 0 Å². The summed E-state index contributed by atoms with van der Waals surface area (Å²) in [5, 5.41) is 1.98. The molecule has 0 spiro atoms. The van der Waals surface area contributed by atoms with E-state index < -0.39 is 71.7 Å². The number of ketones is 1. The Labute approximate surface area is 241 Å². The van der Waals surface area contributed by atoms with Gasteiger partial charge in [-0.05, 0) is 40.8 Å². The van der Waals surface area contributed by atoms with Crippen LogP contribution >= 0.6 is 0 Å². The van der Waals surface area contributed by atoms with Crippen molar-refractivity contribution in [1.82, 2.24) is 10.3 Å². The van der Waals surface area contributed by atoms with Crippen LogP contribution in [-0.4, -0.2) is 48.1 Å². The molecular weight excluding hydrogens is 584 g/mol. The molecule has 0 aliphatic rings. The van der Waals surface area contributed by atoms with Crippen LogP contribution < -0.4 is 20.5 Å². The van der Waals surface area contributed by atoms with E-state index in [4.69, 9.17) is 4.74 Å². The second kappa shape index (κ2) is 13.1. The summed E-state index contributed by atoms with van der Waals surface area (Å²) in [6.45, 7) is 1.77. The number of methoxy groups -OCH3 is 1. The quantitative estimate of drug-likeness (QED) is 0.315. The molecule has 14 heteroatoms. The molecule has 0 saturated heterocycles. The summed E-state index contributed by atoms with van der Waals surface area (Å²) < 4.78 is 85.9. The van der Waals surface area contributed by atoms with Crippen molar-refractivity contribution in [3.8, 4) is 17.0 Å². The normalized spacial score (nSPS) is 12.5. The molecule has 2 aromatic carbocycles. The molecule has 230 valence electrons. The number of halogens is 6. The lowest BCUT2D eigenvalue weighted by molar-refractivity contribution is -0.174. The van der Waals surface area contributed by atoms with Gasteiger partial charge < -0.3 is 15.0 Å². The third-order valence-corrected chi connectivity index (χ3v) is 6.32. The minimum Gasteiger partial charge on any atom is -0.497 e. The van der Waals surface area contributed by atoms with E-state index in [1.54, 1.807) is 30.3 Å². The molecule has 0 bridgehead atoms. The number of nitrogens with one attached hydrogen (secondary N) is 2. The number of pyridine rings is 1. The minimum atomic E-state index is -5.45. The number of aromatic amines is 1. The molecule has 3 rings (SSSR count). The number of anilines is 1. The van der Waals surface area contributed by atoms with Gasteiger partial charge in [-0.15, -0.1) is 0 Å². The van der Waals surface area contributed by atoms with Crippen LogP contribution in [0, 0.1) is 5.92 Å². The third-order valence-electron chi connectivity index (χ3n) is 6.32. The number of carbonyl (C=O) groups excluding carboxylic acids is 3. The number of amides is 2. The molecule has 0 fully saturated rings. The molecule has 1 unspecified atom stereocenters. The highest BCUT2D eigenvalue weighted by Crippen LogP contribution is 2.29. The van der Waals surface area contributed by atoms with Gasteiger partial charge in [0.15, 0.2) is 0 Å². The molecular formula is C29H27F6N3O5. The zero-order valence-electron chi connectivity index (χ0n) is 23.1. The second-order valence-electron chi connectivity index (χ2n) is 9.82. The maximum atomic E-state index is 13.8. The Morgan fingerprint density at radius 3 is 2.05 bits per heavy atom. The van der Waals surface area contributed by atoms with Gasteiger partial charge in [-0.3, -0.25) is 24.1 Å². The molecule has 0 radical (unpaired) electrons. The maximum Gasteiger partial charge on any atom is 0.471 e. The number of carbonyl (C=O) groups is 3. The zero-order valence-corrected chi connectivity index (χ0v) is 23.1. The number of alkyl halides is 6. The first kappa shape index (κ1) is 32.9. The Kier molecular flexibility index (Phi) is 10.0. The smallest absolute Gasteiger partial charge is 0.471 e. The number of aromatic nitrogens is 1. The van der Waals surface area contributed by atoms with Crippen LogP contribution in [0.5, 0.6) is 5.75 Å². The van der Waals surface area contributed by atoms with Crippen molar-refractivity contribution in [3.05, 3.63) is 82.1 Å². The van der Waals surface area contributed by atoms with Crippen molar-refractivity contribution in [3.63, 3.8) is 0 Å². The molecule has 0 aliphatic carbocycles. The summed E-state index contributed by atoms with van der Waals surface area (Å²) in [5.74, 6) is -6.47. The Morgan fingerprint density at radius 2 is 1.53 bits per heavy atom. The number of rotatable bonds is 10. The highest BCUT2D eigenvalue weighted by molar-refractivity contribution is 5.99. The summed E-state index contributed by atoms with van der Waals surface area (Å²) in [6, 6.07) is 12.7. The lowest BCUT2D eigenvalue weighted by Crippen LogP contribution is -2.50. The summed E-state index contributed by atoms with van der Waals surface area (Å²) in [7, 11) is 1.37. The van der Waals surface area contributed by atoms with Crippen LogP contribution in [0.1, 0.15) is 25.0 Å². The number of hydrogen-bond acceptors (Lipinski definition) is 5. The minimum absolute atomic E-state index is 0.0628. The lowest BCUT2D eigenvalue weighted by Gasteiger charge is -2.26. The molecule has 43 heavy (non-hydrogen) atoms. The molecule has 0 saturated carbocycles. The van der Waals surface area contributed by atoms with Gasteiger partial charge in [-0.25, -0.2) is 0 Å². The monoisotopic (exact) mass is 611 g/mol. The number of ether oxygens (including phenoxy) is 1. The fourth-order valence-electron chi connectivity index (χ4n) is 4.24. The SMILES string of the molecule is COc1ccc(CN(C(=O)C(F)(F)F)c2c(CC(=O)NC(C(=O)C(F)(F)F)C(C)C)cc(-c3ccccc3)[nH]c2=O)cc1. The van der Waals surface area contributed by atoms with Crippen molar-refractivity contribution in [2.24, 2.45) is 5.92 Å². The highest BCUT2D eigenvalue weighted by atomic mass is 19.4. The first-order chi connectivity index (χ1) is 20.0. The van der Waals surface area contributed by atoms with Crippen LogP contribution in [-0.2, 0) is 27.3 Å². The van der Waals surface area contributed by atoms with Gasteiger partial charge in [-0.1, -0.05) is 56.3 Å². The predicted octanol–water partition coefficient (Wildman–Crippen LogP) is 4.96. The van der Waals surface area contributed by atoms with Gasteiger partial charge in [0.25, 0.3) is 11.3 Å². The highest BCUT2D eigenvalue weighted by Gasteiger charge is 2.46. The fraction of sp³-hybridized carbons (Fsp3) is 0.310. The Balaban J connectivity index is 2.16. The van der Waals surface area contributed by atoms with E-state index in [0.717, 1.165) is 6.07 Å². The first-order valence-electron chi connectivity index (χ1n) is 12.8. The van der Waals surface area contributed by atoms with Gasteiger partial charge in [0.05, 0.1) is 26.1 Å². The van der Waals surface area contributed by atoms with Crippen molar-refractivity contribution in [1.29, 1.82) is 0 Å². The van der Waals surface area contributed by atoms with Gasteiger partial charge in [0, 0.05) is 5.69 Å². The second-order valence-corrected chi connectivity index (χ2v) is 9.82. The summed E-state index contributed by atoms with van der Waals surface area (Å²) >= 11 is 0. The summed E-state index contributed by atoms with van der Waals surface area (Å²) in [5.41, 5.74) is -1.78. The van der Waals surface area contributed by atoms with Crippen LogP contribution in [0.3, 0.4) is 0 Å². The van der Waals surface area contributed by atoms with E-state index in [2.05, 4.69) is 4.98 Å². The molecule has 0 aliphatic heterocycles. The van der Waals surface area contributed by atoms with Crippen LogP contribution in [0.4, 0.5) is 32.0 Å². The molecule has 2 amide bonds. The van der Waals surface area contributed by atoms with E-state index in [1.165, 1.54) is 45.2 Å². The topological polar surface area (TPSA) is 109 Å². The van der Waals surface area contributed by atoms with Crippen LogP contribution in [0.15, 0.2) is 65.5 Å². The zero-order chi connectivity index (χ0) is 32.1. The summed E-state index contributed by atoms with van der Waals surface area (Å²) in [6.07, 6.45) is -11.7. The Bertz CT molecular complexity index is 1520. The number of nitrogens with zero attached hydrogens (tertiary/aromatic N) is 1. The van der Waals surface area contributed by atoms with Gasteiger partial charge in [-0.2, -0.15) is 26.3 Å². The van der Waals surface area contributed by atoms with Gasteiger partial charge >= 0.3 is 18.3 Å². The Hall–Kier alpha value is -4.62.